The lowest BCUT2D eigenvalue weighted by Crippen LogP contribution is -2.15. The summed E-state index contributed by atoms with van der Waals surface area (Å²) in [5.74, 6) is -0.405. The number of ether oxygens (including phenoxy) is 1. The molecule has 0 aromatic heterocycles. The van der Waals surface area contributed by atoms with Gasteiger partial charge in [0.1, 0.15) is 11.3 Å². The van der Waals surface area contributed by atoms with Gasteiger partial charge in [0.2, 0.25) is 0 Å². The summed E-state index contributed by atoms with van der Waals surface area (Å²) >= 11 is 0. The number of nitro groups is 1. The summed E-state index contributed by atoms with van der Waals surface area (Å²) in [6.07, 6.45) is 0. The number of hydrogen-bond donors (Lipinski definition) is 2. The normalized spacial score (nSPS) is 10.2. The van der Waals surface area contributed by atoms with E-state index in [1.54, 1.807) is 67.6 Å². The second-order valence-corrected chi connectivity index (χ2v) is 6.41. The van der Waals surface area contributed by atoms with Crippen LogP contribution < -0.4 is 15.4 Å². The Kier molecular flexibility index (Phi) is 6.07. The predicted octanol–water partition coefficient (Wildman–Crippen LogP) is 4.42. The molecule has 3 aromatic rings. The Morgan fingerprint density at radius 1 is 0.900 bits per heavy atom. The minimum atomic E-state index is -0.600. The number of carbonyl (C=O) groups excluding carboxylic acids is 2. The van der Waals surface area contributed by atoms with Gasteiger partial charge in [0.05, 0.1) is 17.7 Å². The molecule has 2 N–H and O–H groups in total. The molecule has 0 bridgehead atoms. The van der Waals surface area contributed by atoms with Gasteiger partial charge in [0.15, 0.2) is 0 Å². The summed E-state index contributed by atoms with van der Waals surface area (Å²) in [4.78, 5) is 35.7. The highest BCUT2D eigenvalue weighted by molar-refractivity contribution is 6.08. The largest absolute Gasteiger partial charge is 0.495 e. The molecule has 0 spiro atoms. The van der Waals surface area contributed by atoms with Crippen LogP contribution in [-0.2, 0) is 0 Å². The smallest absolute Gasteiger partial charge is 0.285 e. The van der Waals surface area contributed by atoms with E-state index in [2.05, 4.69) is 10.6 Å². The molecule has 0 aliphatic rings. The number of methoxy groups -OCH3 is 1. The first kappa shape index (κ1) is 20.5. The maximum Gasteiger partial charge on any atom is 0.285 e. The van der Waals surface area contributed by atoms with Crippen molar-refractivity contribution in [2.24, 2.45) is 0 Å². The number of para-hydroxylation sites is 3. The summed E-state index contributed by atoms with van der Waals surface area (Å²) < 4.78 is 5.21. The molecule has 0 fully saturated rings. The fourth-order valence-electron chi connectivity index (χ4n) is 2.93. The Bertz CT molecular complexity index is 1110. The molecule has 3 aromatic carbocycles. The van der Waals surface area contributed by atoms with Gasteiger partial charge in [-0.2, -0.15) is 0 Å². The molecule has 3 rings (SSSR count). The van der Waals surface area contributed by atoms with Crippen LogP contribution in [0.3, 0.4) is 0 Å². The monoisotopic (exact) mass is 405 g/mol. The summed E-state index contributed by atoms with van der Waals surface area (Å²) in [5, 5.41) is 16.7. The number of anilines is 2. The van der Waals surface area contributed by atoms with Crippen molar-refractivity contribution in [3.63, 3.8) is 0 Å². The molecule has 2 amide bonds. The van der Waals surface area contributed by atoms with E-state index in [9.17, 15) is 19.7 Å². The third kappa shape index (κ3) is 4.44. The van der Waals surface area contributed by atoms with E-state index in [0.29, 0.717) is 28.3 Å². The van der Waals surface area contributed by atoms with Crippen LogP contribution in [0.1, 0.15) is 26.3 Å². The first-order valence-electron chi connectivity index (χ1n) is 9.00. The third-order valence-electron chi connectivity index (χ3n) is 4.43. The van der Waals surface area contributed by atoms with Crippen molar-refractivity contribution in [1.82, 2.24) is 0 Å². The van der Waals surface area contributed by atoms with Crippen LogP contribution in [0.15, 0.2) is 66.7 Å². The second-order valence-electron chi connectivity index (χ2n) is 6.41. The quantitative estimate of drug-likeness (QED) is 0.466. The van der Waals surface area contributed by atoms with E-state index in [0.717, 1.165) is 0 Å². The minimum Gasteiger partial charge on any atom is -0.495 e. The van der Waals surface area contributed by atoms with Crippen molar-refractivity contribution >= 4 is 28.9 Å². The van der Waals surface area contributed by atoms with Gasteiger partial charge in [-0.25, -0.2) is 0 Å². The lowest BCUT2D eigenvalue weighted by atomic mass is 10.1. The van der Waals surface area contributed by atoms with E-state index in [1.807, 2.05) is 0 Å². The van der Waals surface area contributed by atoms with Gasteiger partial charge >= 0.3 is 0 Å². The number of rotatable bonds is 6. The first-order chi connectivity index (χ1) is 14.4. The molecule has 0 unspecified atom stereocenters. The van der Waals surface area contributed by atoms with Crippen molar-refractivity contribution in [3.05, 3.63) is 93.5 Å². The second kappa shape index (κ2) is 8.87. The van der Waals surface area contributed by atoms with Gasteiger partial charge in [-0.15, -0.1) is 0 Å². The summed E-state index contributed by atoms with van der Waals surface area (Å²) in [6, 6.07) is 17.8. The van der Waals surface area contributed by atoms with E-state index in [4.69, 9.17) is 4.74 Å². The van der Waals surface area contributed by atoms with Gasteiger partial charge in [0, 0.05) is 16.8 Å². The Morgan fingerprint density at radius 3 is 2.27 bits per heavy atom. The molecule has 0 aliphatic heterocycles. The van der Waals surface area contributed by atoms with Crippen molar-refractivity contribution < 1.29 is 19.2 Å². The highest BCUT2D eigenvalue weighted by atomic mass is 16.6. The zero-order chi connectivity index (χ0) is 21.7. The van der Waals surface area contributed by atoms with Crippen LogP contribution >= 0.6 is 0 Å². The number of nitrogens with zero attached hydrogens (tertiary/aromatic N) is 1. The van der Waals surface area contributed by atoms with Crippen LogP contribution in [0, 0.1) is 17.0 Å². The van der Waals surface area contributed by atoms with Crippen LogP contribution in [-0.4, -0.2) is 23.8 Å². The van der Waals surface area contributed by atoms with Crippen LogP contribution in [0.25, 0.3) is 0 Å². The lowest BCUT2D eigenvalue weighted by molar-refractivity contribution is -0.385. The maximum absolute atomic E-state index is 12.5. The highest BCUT2D eigenvalue weighted by Gasteiger charge is 2.22. The van der Waals surface area contributed by atoms with Gasteiger partial charge in [-0.3, -0.25) is 19.7 Å². The number of nitro benzene ring substituents is 1. The van der Waals surface area contributed by atoms with Crippen LogP contribution in [0.2, 0.25) is 0 Å². The number of amides is 2. The zero-order valence-electron chi connectivity index (χ0n) is 16.3. The molecule has 152 valence electrons. The molecule has 8 heteroatoms. The summed E-state index contributed by atoms with van der Waals surface area (Å²) in [7, 11) is 1.51. The van der Waals surface area contributed by atoms with Crippen molar-refractivity contribution in [2.45, 2.75) is 6.92 Å². The van der Waals surface area contributed by atoms with E-state index >= 15 is 0 Å². The average molecular weight is 405 g/mol. The molecule has 0 aliphatic carbocycles. The molecule has 0 atom stereocenters. The first-order valence-corrected chi connectivity index (χ1v) is 9.00. The van der Waals surface area contributed by atoms with Gasteiger partial charge < -0.3 is 15.4 Å². The van der Waals surface area contributed by atoms with Crippen LogP contribution in [0.4, 0.5) is 17.1 Å². The SMILES string of the molecule is COc1ccccc1NC(=O)c1ccc(NC(=O)c2cccc(C)c2[N+](=O)[O-])cc1. The highest BCUT2D eigenvalue weighted by Crippen LogP contribution is 2.25. The number of carbonyl (C=O) groups is 2. The van der Waals surface area contributed by atoms with Gasteiger partial charge in [-0.1, -0.05) is 24.3 Å². The van der Waals surface area contributed by atoms with Crippen molar-refractivity contribution in [2.75, 3.05) is 17.7 Å². The molecular formula is C22H19N3O5. The molecule has 30 heavy (non-hydrogen) atoms. The average Bonchev–Trinajstić information content (AvgIpc) is 2.74. The van der Waals surface area contributed by atoms with Gasteiger partial charge in [0.25, 0.3) is 17.5 Å². The van der Waals surface area contributed by atoms with Gasteiger partial charge in [-0.05, 0) is 49.4 Å². The fourth-order valence-corrected chi connectivity index (χ4v) is 2.93. The van der Waals surface area contributed by atoms with E-state index in [1.165, 1.54) is 13.2 Å². The molecule has 0 saturated heterocycles. The Balaban J connectivity index is 1.73. The fraction of sp³-hybridized carbons (Fsp3) is 0.0909. The molecule has 0 radical (unpaired) electrons. The van der Waals surface area contributed by atoms with Crippen LogP contribution in [0.5, 0.6) is 5.75 Å². The standard InChI is InChI=1S/C22H19N3O5/c1-14-6-5-7-17(20(14)25(28)29)22(27)23-16-12-10-15(11-13-16)21(26)24-18-8-3-4-9-19(18)30-2/h3-13H,1-2H3,(H,23,27)(H,24,26). The molecule has 8 nitrogen and oxygen atoms in total. The molecular weight excluding hydrogens is 386 g/mol. The number of benzene rings is 3. The molecule has 0 heterocycles. The topological polar surface area (TPSA) is 111 Å². The predicted molar refractivity (Wildman–Crippen MR) is 113 cm³/mol. The van der Waals surface area contributed by atoms with Crippen molar-refractivity contribution in [1.29, 1.82) is 0 Å². The van der Waals surface area contributed by atoms with E-state index < -0.39 is 10.8 Å². The lowest BCUT2D eigenvalue weighted by Gasteiger charge is -2.10. The number of nitrogens with one attached hydrogen (secondary N) is 2. The third-order valence-corrected chi connectivity index (χ3v) is 4.43. The Labute approximate surface area is 172 Å². The maximum atomic E-state index is 12.5. The number of hydrogen-bond acceptors (Lipinski definition) is 5. The molecule has 0 saturated carbocycles. The summed E-state index contributed by atoms with van der Waals surface area (Å²) in [6.45, 7) is 1.57. The van der Waals surface area contributed by atoms with Crippen molar-refractivity contribution in [3.8, 4) is 5.75 Å². The summed E-state index contributed by atoms with van der Waals surface area (Å²) in [5.41, 5.74) is 1.45. The Morgan fingerprint density at radius 2 is 1.60 bits per heavy atom. The zero-order valence-corrected chi connectivity index (χ0v) is 16.3. The minimum absolute atomic E-state index is 0.0296. The Hall–Kier alpha value is -4.20. The number of aryl methyl sites for hydroxylation is 1. The van der Waals surface area contributed by atoms with E-state index in [-0.39, 0.29) is 17.2 Å².